The van der Waals surface area contributed by atoms with Gasteiger partial charge in [-0.25, -0.2) is 0 Å². The Labute approximate surface area is 213 Å². The number of rotatable bonds is 8. The van der Waals surface area contributed by atoms with Crippen LogP contribution in [-0.2, 0) is 0 Å². The highest BCUT2D eigenvalue weighted by Gasteiger charge is 2.35. The van der Waals surface area contributed by atoms with E-state index in [0.29, 0.717) is 12.0 Å². The highest BCUT2D eigenvalue weighted by molar-refractivity contribution is 14.0. The number of hydrogen-bond donors (Lipinski definition) is 1. The summed E-state index contributed by atoms with van der Waals surface area (Å²) in [4.78, 5) is 5.98. The van der Waals surface area contributed by atoms with Crippen molar-refractivity contribution in [1.82, 2.24) is 5.32 Å². The number of halogens is 1. The van der Waals surface area contributed by atoms with E-state index >= 15 is 0 Å². The van der Waals surface area contributed by atoms with Crippen molar-refractivity contribution in [2.75, 3.05) is 6.26 Å². The highest BCUT2D eigenvalue weighted by atomic mass is 127. The predicted molar refractivity (Wildman–Crippen MR) is 149 cm³/mol. The van der Waals surface area contributed by atoms with E-state index in [1.165, 1.54) is 69.3 Å². The molecule has 0 radical (unpaired) electrons. The average molecular weight is 565 g/mol. The Morgan fingerprint density at radius 1 is 0.900 bits per heavy atom. The van der Waals surface area contributed by atoms with Gasteiger partial charge in [0.1, 0.15) is 0 Å². The Kier molecular flexibility index (Phi) is 11.4. The van der Waals surface area contributed by atoms with Crippen LogP contribution in [-0.4, -0.2) is 28.4 Å². The van der Waals surface area contributed by atoms with Gasteiger partial charge in [-0.15, -0.1) is 35.7 Å². The molecule has 0 atom stereocenters. The molecule has 0 aromatic rings. The molecule has 0 heterocycles. The van der Waals surface area contributed by atoms with Crippen LogP contribution < -0.4 is 5.32 Å². The van der Waals surface area contributed by atoms with Crippen molar-refractivity contribution < 1.29 is 0 Å². The van der Waals surface area contributed by atoms with Crippen LogP contribution in [0.1, 0.15) is 91.9 Å². The number of hydrogen-bond acceptors (Lipinski definition) is 3. The van der Waals surface area contributed by atoms with Crippen LogP contribution in [0.25, 0.3) is 0 Å². The monoisotopic (exact) mass is 564 g/mol. The molecule has 0 aromatic heterocycles. The number of thiocarbonyl (C=S) groups is 1. The molecule has 4 rings (SSSR count). The first-order valence-corrected chi connectivity index (χ1v) is 13.9. The summed E-state index contributed by atoms with van der Waals surface area (Å²) in [6.45, 7) is 9.30. The molecular formula is C25H45IN2S2. The first-order chi connectivity index (χ1) is 13.8. The molecule has 0 spiro atoms. The Morgan fingerprint density at radius 2 is 1.40 bits per heavy atom. The molecule has 0 aromatic carbocycles. The molecule has 2 nitrogen and oxygen atoms in total. The smallest absolute Gasteiger partial charge is 0.0787 e. The summed E-state index contributed by atoms with van der Waals surface area (Å²) in [6.07, 6.45) is 15.9. The summed E-state index contributed by atoms with van der Waals surface area (Å²) in [5.74, 6) is 5.21. The van der Waals surface area contributed by atoms with Gasteiger partial charge in [0.2, 0.25) is 0 Å². The second-order valence-corrected chi connectivity index (χ2v) is 12.3. The Morgan fingerprint density at radius 3 is 1.80 bits per heavy atom. The first kappa shape index (κ1) is 26.9. The first-order valence-electron chi connectivity index (χ1n) is 12.3. The van der Waals surface area contributed by atoms with Crippen molar-refractivity contribution in [3.63, 3.8) is 0 Å². The summed E-state index contributed by atoms with van der Waals surface area (Å²) < 4.78 is 0. The van der Waals surface area contributed by atoms with E-state index < -0.39 is 0 Å². The van der Waals surface area contributed by atoms with Gasteiger partial charge < -0.3 is 5.32 Å². The van der Waals surface area contributed by atoms with Crippen molar-refractivity contribution in [1.29, 1.82) is 0 Å². The van der Waals surface area contributed by atoms with Gasteiger partial charge in [0.05, 0.1) is 16.1 Å². The maximum Gasteiger partial charge on any atom is 0.0787 e. The Hall–Kier alpha value is 0.640. The fourth-order valence-corrected chi connectivity index (χ4v) is 6.00. The quantitative estimate of drug-likeness (QED) is 0.141. The molecule has 0 bridgehead atoms. The Bertz CT molecular complexity index is 557. The maximum atomic E-state index is 5.40. The van der Waals surface area contributed by atoms with Gasteiger partial charge in [0, 0.05) is 17.9 Å². The van der Waals surface area contributed by atoms with Gasteiger partial charge >= 0.3 is 0 Å². The fraction of sp³-hybridized carbons (Fsp3) is 0.920. The zero-order valence-corrected chi connectivity index (χ0v) is 23.8. The minimum Gasteiger partial charge on any atom is -0.377 e. The third-order valence-corrected chi connectivity index (χ3v) is 8.10. The molecule has 4 saturated carbocycles. The molecule has 1 N–H and O–H groups in total. The second-order valence-electron chi connectivity index (χ2n) is 11.0. The van der Waals surface area contributed by atoms with Crippen molar-refractivity contribution in [2.45, 2.75) is 104 Å². The van der Waals surface area contributed by atoms with Gasteiger partial charge in [0.25, 0.3) is 0 Å². The van der Waals surface area contributed by atoms with Gasteiger partial charge in [-0.1, -0.05) is 39.9 Å². The van der Waals surface area contributed by atoms with E-state index in [1.807, 2.05) is 11.8 Å². The molecule has 174 valence electrons. The normalized spacial score (nSPS) is 30.6. The van der Waals surface area contributed by atoms with E-state index in [-0.39, 0.29) is 24.0 Å². The summed E-state index contributed by atoms with van der Waals surface area (Å²) in [5, 5.41) is 4.92. The van der Waals surface area contributed by atoms with Gasteiger partial charge in [-0.05, 0) is 94.1 Å². The maximum absolute atomic E-state index is 5.40. The lowest BCUT2D eigenvalue weighted by Crippen LogP contribution is -2.38. The summed E-state index contributed by atoms with van der Waals surface area (Å²) >= 11 is 7.29. The third-order valence-electron chi connectivity index (χ3n) is 6.79. The number of thioether (sulfide) groups is 1. The van der Waals surface area contributed by atoms with Crippen molar-refractivity contribution in [3.8, 4) is 0 Å². The van der Waals surface area contributed by atoms with Gasteiger partial charge in [0.15, 0.2) is 0 Å². The lowest BCUT2D eigenvalue weighted by molar-refractivity contribution is 0.216. The molecular weight excluding hydrogens is 519 g/mol. The third kappa shape index (κ3) is 9.25. The summed E-state index contributed by atoms with van der Waals surface area (Å²) in [7, 11) is 0. The van der Waals surface area contributed by atoms with Gasteiger partial charge in [-0.2, -0.15) is 0 Å². The zero-order valence-electron chi connectivity index (χ0n) is 19.9. The van der Waals surface area contributed by atoms with E-state index in [9.17, 15) is 0 Å². The van der Waals surface area contributed by atoms with Crippen LogP contribution in [0.2, 0.25) is 0 Å². The number of nitrogens with one attached hydrogen (secondary N) is 1. The minimum absolute atomic E-state index is 0. The molecule has 4 aliphatic carbocycles. The van der Waals surface area contributed by atoms with E-state index in [0.717, 1.165) is 40.6 Å². The molecule has 4 fully saturated rings. The minimum atomic E-state index is 0. The lowest BCUT2D eigenvalue weighted by atomic mass is 9.71. The molecule has 5 heteroatoms. The van der Waals surface area contributed by atoms with E-state index in [4.69, 9.17) is 17.2 Å². The molecule has 30 heavy (non-hydrogen) atoms. The SMILES string of the molecule is CC(C)CC1CC(C(=S)NC2CC2)C1.CSC(=NC1CC1)C1CC(CC(C)C)C1.I. The van der Waals surface area contributed by atoms with Crippen LogP contribution in [0.5, 0.6) is 0 Å². The lowest BCUT2D eigenvalue weighted by Gasteiger charge is -2.37. The predicted octanol–water partition coefficient (Wildman–Crippen LogP) is 7.74. The Balaban J connectivity index is 0.000000207. The largest absolute Gasteiger partial charge is 0.377 e. The van der Waals surface area contributed by atoms with E-state index in [1.54, 1.807) is 0 Å². The fourth-order valence-electron chi connectivity index (χ4n) is 4.86. The van der Waals surface area contributed by atoms with Crippen LogP contribution in [0.4, 0.5) is 0 Å². The molecule has 0 saturated heterocycles. The number of nitrogens with zero attached hydrogens (tertiary/aromatic N) is 1. The average Bonchev–Trinajstić information content (AvgIpc) is 3.48. The van der Waals surface area contributed by atoms with Crippen molar-refractivity contribution >= 4 is 58.0 Å². The highest BCUT2D eigenvalue weighted by Crippen LogP contribution is 2.42. The molecule has 0 unspecified atom stereocenters. The zero-order chi connectivity index (χ0) is 21.0. The molecule has 0 amide bonds. The van der Waals surface area contributed by atoms with E-state index in [2.05, 4.69) is 39.3 Å². The van der Waals surface area contributed by atoms with Crippen molar-refractivity contribution in [2.24, 2.45) is 40.5 Å². The molecule has 0 aliphatic heterocycles. The standard InChI is InChI=1S/C13H23NS.C12H21NS.HI/c1-9(2)6-10-7-11(8-10)13(15-3)14-12-4-5-12;1-8(2)5-9-6-10(7-9)12(14)13-11-3-4-11;/h9-12H,4-8H2,1-3H3;8-11H,3-7H2,1-2H3,(H,13,14);1H. The second kappa shape index (κ2) is 12.8. The summed E-state index contributed by atoms with van der Waals surface area (Å²) in [5.41, 5.74) is 0. The van der Waals surface area contributed by atoms with Gasteiger partial charge in [-0.3, -0.25) is 4.99 Å². The summed E-state index contributed by atoms with van der Waals surface area (Å²) in [6, 6.07) is 1.45. The van der Waals surface area contributed by atoms with Crippen LogP contribution >= 0.6 is 48.0 Å². The molecule has 4 aliphatic rings. The number of aliphatic imine (C=N–C) groups is 1. The van der Waals surface area contributed by atoms with Crippen molar-refractivity contribution in [3.05, 3.63) is 0 Å². The topological polar surface area (TPSA) is 24.4 Å². The van der Waals surface area contributed by atoms with Crippen LogP contribution in [0.15, 0.2) is 4.99 Å². The van der Waals surface area contributed by atoms with Crippen LogP contribution in [0, 0.1) is 35.5 Å². The van der Waals surface area contributed by atoms with Crippen LogP contribution in [0.3, 0.4) is 0 Å².